The van der Waals surface area contributed by atoms with Gasteiger partial charge in [0.1, 0.15) is 11.4 Å². The number of benzene rings is 2. The van der Waals surface area contributed by atoms with Crippen LogP contribution in [0.4, 0.5) is 4.39 Å². The summed E-state index contributed by atoms with van der Waals surface area (Å²) in [5.41, 5.74) is 2.70. The first-order valence-electron chi connectivity index (χ1n) is 7.00. The molecular weight excluding hydrogens is 295 g/mol. The van der Waals surface area contributed by atoms with Crippen LogP contribution < -0.4 is 0 Å². The van der Waals surface area contributed by atoms with Crippen molar-refractivity contribution in [1.29, 1.82) is 0 Å². The van der Waals surface area contributed by atoms with Gasteiger partial charge in [0.15, 0.2) is 0 Å². The topological polar surface area (TPSA) is 35.5 Å². The average molecular weight is 312 g/mol. The fourth-order valence-corrected chi connectivity index (χ4v) is 2.10. The molecule has 23 heavy (non-hydrogen) atoms. The number of hydrogen-bond acceptors (Lipinski definition) is 3. The smallest absolute Gasteiger partial charge is 0.341 e. The van der Waals surface area contributed by atoms with Gasteiger partial charge in [0.25, 0.3) is 0 Å². The SMILES string of the molecule is COC=C(C(=O)OC)c1ccccc1C=Cc1ccc(F)cc1. The van der Waals surface area contributed by atoms with Gasteiger partial charge in [-0.15, -0.1) is 0 Å². The molecule has 0 heterocycles. The minimum atomic E-state index is -0.477. The molecule has 0 aliphatic heterocycles. The number of ether oxygens (including phenoxy) is 2. The Labute approximate surface area is 134 Å². The van der Waals surface area contributed by atoms with Crippen LogP contribution in [0.15, 0.2) is 54.8 Å². The van der Waals surface area contributed by atoms with Crippen LogP contribution in [0.5, 0.6) is 0 Å². The van der Waals surface area contributed by atoms with Crippen LogP contribution in [-0.2, 0) is 14.3 Å². The molecule has 0 aliphatic carbocycles. The van der Waals surface area contributed by atoms with Crippen molar-refractivity contribution in [2.45, 2.75) is 0 Å². The summed E-state index contributed by atoms with van der Waals surface area (Å²) >= 11 is 0. The molecule has 0 aromatic heterocycles. The lowest BCUT2D eigenvalue weighted by atomic mass is 9.99. The van der Waals surface area contributed by atoms with E-state index in [1.807, 2.05) is 36.4 Å². The Balaban J connectivity index is 2.38. The van der Waals surface area contributed by atoms with E-state index in [1.54, 1.807) is 12.1 Å². The molecule has 2 aromatic carbocycles. The lowest BCUT2D eigenvalue weighted by molar-refractivity contribution is -0.133. The molecule has 3 nitrogen and oxygen atoms in total. The van der Waals surface area contributed by atoms with Crippen molar-refractivity contribution >= 4 is 23.7 Å². The Hall–Kier alpha value is -2.88. The van der Waals surface area contributed by atoms with Gasteiger partial charge in [-0.2, -0.15) is 0 Å². The number of carbonyl (C=O) groups is 1. The zero-order valence-electron chi connectivity index (χ0n) is 13.0. The summed E-state index contributed by atoms with van der Waals surface area (Å²) in [4.78, 5) is 11.9. The number of rotatable bonds is 5. The molecule has 0 atom stereocenters. The van der Waals surface area contributed by atoms with Gasteiger partial charge in [-0.1, -0.05) is 48.6 Å². The van der Waals surface area contributed by atoms with Crippen LogP contribution in [0.3, 0.4) is 0 Å². The minimum absolute atomic E-state index is 0.279. The van der Waals surface area contributed by atoms with E-state index in [4.69, 9.17) is 9.47 Å². The zero-order valence-corrected chi connectivity index (χ0v) is 13.0. The van der Waals surface area contributed by atoms with Gasteiger partial charge >= 0.3 is 5.97 Å². The quantitative estimate of drug-likeness (QED) is 0.360. The minimum Gasteiger partial charge on any atom is -0.503 e. The Morgan fingerprint density at radius 3 is 2.35 bits per heavy atom. The van der Waals surface area contributed by atoms with E-state index < -0.39 is 5.97 Å². The number of halogens is 1. The predicted octanol–water partition coefficient (Wildman–Crippen LogP) is 4.16. The number of esters is 1. The Morgan fingerprint density at radius 2 is 1.70 bits per heavy atom. The van der Waals surface area contributed by atoms with Crippen molar-refractivity contribution in [3.8, 4) is 0 Å². The van der Waals surface area contributed by atoms with Crippen molar-refractivity contribution in [2.24, 2.45) is 0 Å². The molecule has 0 unspecified atom stereocenters. The summed E-state index contributed by atoms with van der Waals surface area (Å²) in [6.07, 6.45) is 5.06. The van der Waals surface area contributed by atoms with Crippen molar-refractivity contribution in [1.82, 2.24) is 0 Å². The number of methoxy groups -OCH3 is 2. The molecule has 118 valence electrons. The van der Waals surface area contributed by atoms with Gasteiger partial charge in [0.2, 0.25) is 0 Å². The molecule has 0 bridgehead atoms. The van der Waals surface area contributed by atoms with Crippen molar-refractivity contribution in [2.75, 3.05) is 14.2 Å². The van der Waals surface area contributed by atoms with Crippen LogP contribution in [0, 0.1) is 5.82 Å². The molecule has 2 aromatic rings. The maximum atomic E-state index is 12.9. The maximum Gasteiger partial charge on any atom is 0.341 e. The summed E-state index contributed by atoms with van der Waals surface area (Å²) in [5, 5.41) is 0. The monoisotopic (exact) mass is 312 g/mol. The first kappa shape index (κ1) is 16.5. The first-order chi connectivity index (χ1) is 11.2. The molecule has 0 spiro atoms. The van der Waals surface area contributed by atoms with E-state index in [0.717, 1.165) is 11.1 Å². The fraction of sp³-hybridized carbons (Fsp3) is 0.105. The van der Waals surface area contributed by atoms with Gasteiger partial charge in [0.05, 0.1) is 20.5 Å². The molecule has 0 fully saturated rings. The standard InChI is InChI=1S/C19H17FO3/c1-22-13-18(19(21)23-2)17-6-4-3-5-15(17)10-7-14-8-11-16(20)12-9-14/h3-13H,1-2H3. The summed E-state index contributed by atoms with van der Waals surface area (Å²) in [6, 6.07) is 13.5. The van der Waals surface area contributed by atoms with E-state index >= 15 is 0 Å². The Bertz CT molecular complexity index is 731. The van der Waals surface area contributed by atoms with E-state index in [1.165, 1.54) is 32.6 Å². The second kappa shape index (κ2) is 7.94. The fourth-order valence-electron chi connectivity index (χ4n) is 2.10. The van der Waals surface area contributed by atoms with E-state index in [2.05, 4.69) is 0 Å². The van der Waals surface area contributed by atoms with Gasteiger partial charge < -0.3 is 9.47 Å². The highest BCUT2D eigenvalue weighted by Crippen LogP contribution is 2.23. The van der Waals surface area contributed by atoms with Crippen LogP contribution in [0.2, 0.25) is 0 Å². The molecule has 4 heteroatoms. The Morgan fingerprint density at radius 1 is 1.00 bits per heavy atom. The van der Waals surface area contributed by atoms with Crippen molar-refractivity contribution in [3.05, 3.63) is 77.3 Å². The second-order valence-corrected chi connectivity index (χ2v) is 4.73. The largest absolute Gasteiger partial charge is 0.503 e. The normalized spacial score (nSPS) is 11.5. The highest BCUT2D eigenvalue weighted by molar-refractivity contribution is 6.17. The van der Waals surface area contributed by atoms with Crippen LogP contribution in [0.25, 0.3) is 17.7 Å². The van der Waals surface area contributed by atoms with Crippen molar-refractivity contribution < 1.29 is 18.7 Å². The number of hydrogen-bond donors (Lipinski definition) is 0. The molecule has 0 saturated carbocycles. The van der Waals surface area contributed by atoms with Gasteiger partial charge in [-0.05, 0) is 28.8 Å². The highest BCUT2D eigenvalue weighted by Gasteiger charge is 2.15. The lowest BCUT2D eigenvalue weighted by Gasteiger charge is -2.09. The van der Waals surface area contributed by atoms with Crippen LogP contribution >= 0.6 is 0 Å². The Kier molecular flexibility index (Phi) is 5.69. The van der Waals surface area contributed by atoms with Crippen LogP contribution in [0.1, 0.15) is 16.7 Å². The molecule has 0 amide bonds. The predicted molar refractivity (Wildman–Crippen MR) is 88.8 cm³/mol. The maximum absolute atomic E-state index is 12.9. The third kappa shape index (κ3) is 4.30. The van der Waals surface area contributed by atoms with E-state index in [-0.39, 0.29) is 5.82 Å². The molecule has 0 aliphatic rings. The third-order valence-corrected chi connectivity index (χ3v) is 3.22. The van der Waals surface area contributed by atoms with Crippen molar-refractivity contribution in [3.63, 3.8) is 0 Å². The lowest BCUT2D eigenvalue weighted by Crippen LogP contribution is -2.05. The molecule has 0 radical (unpaired) electrons. The summed E-state index contributed by atoms with van der Waals surface area (Å²) in [7, 11) is 2.79. The van der Waals surface area contributed by atoms with Gasteiger partial charge in [-0.3, -0.25) is 0 Å². The third-order valence-electron chi connectivity index (χ3n) is 3.22. The second-order valence-electron chi connectivity index (χ2n) is 4.73. The molecule has 0 N–H and O–H groups in total. The van der Waals surface area contributed by atoms with Crippen LogP contribution in [-0.4, -0.2) is 20.2 Å². The average Bonchev–Trinajstić information content (AvgIpc) is 2.59. The summed E-state index contributed by atoms with van der Waals surface area (Å²) in [5.74, 6) is -0.756. The summed E-state index contributed by atoms with van der Waals surface area (Å²) in [6.45, 7) is 0. The summed E-state index contributed by atoms with van der Waals surface area (Å²) < 4.78 is 22.7. The first-order valence-corrected chi connectivity index (χ1v) is 7.00. The van der Waals surface area contributed by atoms with E-state index in [9.17, 15) is 9.18 Å². The molecular formula is C19H17FO3. The van der Waals surface area contributed by atoms with Gasteiger partial charge in [-0.25, -0.2) is 9.18 Å². The van der Waals surface area contributed by atoms with E-state index in [0.29, 0.717) is 11.1 Å². The highest BCUT2D eigenvalue weighted by atomic mass is 19.1. The number of carbonyl (C=O) groups excluding carboxylic acids is 1. The zero-order chi connectivity index (χ0) is 16.7. The molecule has 2 rings (SSSR count). The molecule has 0 saturated heterocycles. The van der Waals surface area contributed by atoms with Gasteiger partial charge in [0, 0.05) is 0 Å².